The maximum absolute atomic E-state index is 13.3. The molecule has 0 aromatic rings. The highest BCUT2D eigenvalue weighted by Crippen LogP contribution is 2.36. The predicted molar refractivity (Wildman–Crippen MR) is 96.2 cm³/mol. The van der Waals surface area contributed by atoms with Crippen LogP contribution in [0.1, 0.15) is 12.8 Å². The molecule has 12 heteroatoms. The number of hydrazine groups is 1. The Bertz CT molecular complexity index is 577. The smallest absolute Gasteiger partial charge is 0.359 e. The largest absolute Gasteiger partial charge is 0.392 e. The third kappa shape index (κ3) is 5.19. The lowest BCUT2D eigenvalue weighted by atomic mass is 9.85. The van der Waals surface area contributed by atoms with Crippen LogP contribution in [0.25, 0.3) is 0 Å². The lowest BCUT2D eigenvalue weighted by molar-refractivity contribution is -0.196. The zero-order valence-corrected chi connectivity index (χ0v) is 16.1. The normalized spacial score (nSPS) is 39.1. The van der Waals surface area contributed by atoms with Crippen molar-refractivity contribution in [3.05, 3.63) is 0 Å². The van der Waals surface area contributed by atoms with Crippen LogP contribution in [-0.2, 0) is 14.4 Å². The molecule has 1 amide bonds. The number of nitrogens with one attached hydrogen (secondary N) is 5. The Morgan fingerprint density at radius 2 is 2.03 bits per heavy atom. The Labute approximate surface area is 167 Å². The standard InChI is InChI=1S/C17H29F3N6O3/c18-17(19,20)12-1-2-21-4-10(12)7-26-8-11(5-23-26)24-16(27)13-3-14(29-25-13)15-6-22-9-28-15/h10-15,21-23,25H,1-9H2,(H,24,27). The van der Waals surface area contributed by atoms with Crippen molar-refractivity contribution in [3.63, 3.8) is 0 Å². The van der Waals surface area contributed by atoms with Crippen molar-refractivity contribution in [2.24, 2.45) is 11.8 Å². The van der Waals surface area contributed by atoms with Gasteiger partial charge in [0.15, 0.2) is 0 Å². The third-order valence-electron chi connectivity index (χ3n) is 6.14. The van der Waals surface area contributed by atoms with Crippen LogP contribution in [0.15, 0.2) is 0 Å². The van der Waals surface area contributed by atoms with Gasteiger partial charge in [0.25, 0.3) is 0 Å². The molecule has 0 aromatic carbocycles. The summed E-state index contributed by atoms with van der Waals surface area (Å²) >= 11 is 0. The summed E-state index contributed by atoms with van der Waals surface area (Å²) in [6, 6.07) is -0.621. The lowest BCUT2D eigenvalue weighted by Gasteiger charge is -2.35. The van der Waals surface area contributed by atoms with Gasteiger partial charge in [-0.1, -0.05) is 0 Å². The summed E-state index contributed by atoms with van der Waals surface area (Å²) in [4.78, 5) is 18.0. The Kier molecular flexibility index (Phi) is 6.59. The van der Waals surface area contributed by atoms with Crippen molar-refractivity contribution in [2.45, 2.75) is 43.3 Å². The van der Waals surface area contributed by atoms with Gasteiger partial charge in [0.05, 0.1) is 24.8 Å². The molecule has 6 atom stereocenters. The molecule has 0 aromatic heterocycles. The van der Waals surface area contributed by atoms with E-state index in [1.54, 1.807) is 5.01 Å². The average molecular weight is 422 g/mol. The fourth-order valence-electron chi connectivity index (χ4n) is 4.55. The van der Waals surface area contributed by atoms with Crippen LogP contribution >= 0.6 is 0 Å². The second kappa shape index (κ2) is 9.00. The van der Waals surface area contributed by atoms with Crippen molar-refractivity contribution in [1.29, 1.82) is 0 Å². The lowest BCUT2D eigenvalue weighted by Crippen LogP contribution is -2.50. The minimum absolute atomic E-state index is 0.0744. The SMILES string of the molecule is O=C(NC1CNN(CC2CNCCC2C(F)(F)F)C1)C1CC(C2CNCO2)ON1. The van der Waals surface area contributed by atoms with Gasteiger partial charge < -0.3 is 15.4 Å². The van der Waals surface area contributed by atoms with Crippen LogP contribution in [0.4, 0.5) is 13.2 Å². The number of carbonyl (C=O) groups excluding carboxylic acids is 1. The van der Waals surface area contributed by atoms with Crippen molar-refractivity contribution >= 4 is 5.91 Å². The van der Waals surface area contributed by atoms with E-state index in [1.807, 2.05) is 0 Å². The number of hydrogen-bond donors (Lipinski definition) is 5. The van der Waals surface area contributed by atoms with E-state index in [2.05, 4.69) is 26.9 Å². The summed E-state index contributed by atoms with van der Waals surface area (Å²) in [5.74, 6) is -1.96. The molecule has 0 radical (unpaired) electrons. The molecule has 0 aliphatic carbocycles. The van der Waals surface area contributed by atoms with Crippen molar-refractivity contribution < 1.29 is 27.5 Å². The van der Waals surface area contributed by atoms with Gasteiger partial charge in [-0.25, -0.2) is 5.01 Å². The highest BCUT2D eigenvalue weighted by atomic mass is 19.4. The molecular weight excluding hydrogens is 393 g/mol. The first kappa shape index (κ1) is 21.2. The molecule has 4 saturated heterocycles. The summed E-state index contributed by atoms with van der Waals surface area (Å²) in [6.07, 6.45) is -3.81. The molecule has 4 aliphatic rings. The highest BCUT2D eigenvalue weighted by molar-refractivity contribution is 5.82. The number of hydroxylamine groups is 1. The van der Waals surface area contributed by atoms with Gasteiger partial charge in [-0.15, -0.1) is 0 Å². The summed E-state index contributed by atoms with van der Waals surface area (Å²) in [6.45, 7) is 3.18. The van der Waals surface area contributed by atoms with Gasteiger partial charge in [0.1, 0.15) is 12.1 Å². The Hall–Kier alpha value is -1.02. The van der Waals surface area contributed by atoms with Crippen molar-refractivity contribution in [2.75, 3.05) is 46.0 Å². The molecule has 0 saturated carbocycles. The molecule has 4 heterocycles. The molecular formula is C17H29F3N6O3. The number of ether oxygens (including phenoxy) is 1. The monoisotopic (exact) mass is 422 g/mol. The minimum atomic E-state index is -4.18. The van der Waals surface area contributed by atoms with E-state index < -0.39 is 24.1 Å². The summed E-state index contributed by atoms with van der Waals surface area (Å²) in [5.41, 5.74) is 5.89. The van der Waals surface area contributed by atoms with Crippen LogP contribution in [0, 0.1) is 11.8 Å². The number of nitrogens with zero attached hydrogens (tertiary/aromatic N) is 1. The van der Waals surface area contributed by atoms with Gasteiger partial charge >= 0.3 is 6.18 Å². The van der Waals surface area contributed by atoms with E-state index in [-0.39, 0.29) is 30.6 Å². The summed E-state index contributed by atoms with van der Waals surface area (Å²) in [7, 11) is 0. The third-order valence-corrected chi connectivity index (χ3v) is 6.14. The summed E-state index contributed by atoms with van der Waals surface area (Å²) in [5, 5.41) is 10.9. The first-order valence-electron chi connectivity index (χ1n) is 10.2. The molecule has 4 aliphatic heterocycles. The average Bonchev–Trinajstić information content (AvgIpc) is 3.43. The van der Waals surface area contributed by atoms with Crippen molar-refractivity contribution in [1.82, 2.24) is 31.9 Å². The van der Waals surface area contributed by atoms with E-state index in [0.29, 0.717) is 52.4 Å². The molecule has 0 spiro atoms. The van der Waals surface area contributed by atoms with Crippen LogP contribution in [0.3, 0.4) is 0 Å². The molecule has 4 rings (SSSR count). The van der Waals surface area contributed by atoms with E-state index >= 15 is 0 Å². The van der Waals surface area contributed by atoms with Crippen LogP contribution < -0.4 is 26.9 Å². The number of hydrogen-bond acceptors (Lipinski definition) is 8. The highest BCUT2D eigenvalue weighted by Gasteiger charge is 2.46. The van der Waals surface area contributed by atoms with Crippen LogP contribution in [0.5, 0.6) is 0 Å². The first-order chi connectivity index (χ1) is 13.9. The molecule has 9 nitrogen and oxygen atoms in total. The Morgan fingerprint density at radius 3 is 2.79 bits per heavy atom. The van der Waals surface area contributed by atoms with Gasteiger partial charge in [0, 0.05) is 32.6 Å². The van der Waals surface area contributed by atoms with E-state index in [1.165, 1.54) is 0 Å². The zero-order chi connectivity index (χ0) is 20.4. The number of rotatable bonds is 5. The summed E-state index contributed by atoms with van der Waals surface area (Å²) < 4.78 is 45.3. The maximum Gasteiger partial charge on any atom is 0.392 e. The molecule has 5 N–H and O–H groups in total. The van der Waals surface area contributed by atoms with Gasteiger partial charge in [0.2, 0.25) is 5.91 Å². The topological polar surface area (TPSA) is 98.9 Å². The van der Waals surface area contributed by atoms with Gasteiger partial charge in [-0.3, -0.25) is 20.4 Å². The molecule has 4 fully saturated rings. The number of carbonyl (C=O) groups is 1. The van der Waals surface area contributed by atoms with E-state index in [9.17, 15) is 18.0 Å². The second-order valence-electron chi connectivity index (χ2n) is 8.24. The number of piperidine rings is 1. The predicted octanol–water partition coefficient (Wildman–Crippen LogP) is -1.31. The molecule has 29 heavy (non-hydrogen) atoms. The fraction of sp³-hybridized carbons (Fsp3) is 0.941. The van der Waals surface area contributed by atoms with Crippen LogP contribution in [0.2, 0.25) is 0 Å². The first-order valence-corrected chi connectivity index (χ1v) is 10.2. The number of alkyl halides is 3. The fourth-order valence-corrected chi connectivity index (χ4v) is 4.55. The minimum Gasteiger partial charge on any atom is -0.359 e. The van der Waals surface area contributed by atoms with Crippen molar-refractivity contribution in [3.8, 4) is 0 Å². The molecule has 6 unspecified atom stereocenters. The quantitative estimate of drug-likeness (QED) is 0.373. The zero-order valence-electron chi connectivity index (χ0n) is 16.1. The van der Waals surface area contributed by atoms with Gasteiger partial charge in [-0.2, -0.15) is 18.7 Å². The molecule has 166 valence electrons. The second-order valence-corrected chi connectivity index (χ2v) is 8.24. The molecule has 0 bridgehead atoms. The van der Waals surface area contributed by atoms with E-state index in [4.69, 9.17) is 9.57 Å². The number of amides is 1. The van der Waals surface area contributed by atoms with Gasteiger partial charge in [-0.05, 0) is 25.4 Å². The number of halogens is 3. The van der Waals surface area contributed by atoms with E-state index in [0.717, 1.165) is 0 Å². The maximum atomic E-state index is 13.3. The van der Waals surface area contributed by atoms with Crippen LogP contribution in [-0.4, -0.2) is 87.4 Å². The Morgan fingerprint density at radius 1 is 1.17 bits per heavy atom. The Balaban J connectivity index is 1.22.